The van der Waals surface area contributed by atoms with Gasteiger partial charge in [-0.15, -0.1) is 0 Å². The van der Waals surface area contributed by atoms with Gasteiger partial charge in [0.2, 0.25) is 5.91 Å². The summed E-state index contributed by atoms with van der Waals surface area (Å²) in [5.74, 6) is -1.00. The van der Waals surface area contributed by atoms with Crippen LogP contribution in [0.3, 0.4) is 0 Å². The molecular weight excluding hydrogens is 426 g/mol. The first kappa shape index (κ1) is 20.2. The number of halogens is 1. The van der Waals surface area contributed by atoms with Crippen LogP contribution in [0.1, 0.15) is 17.0 Å². The lowest BCUT2D eigenvalue weighted by Gasteiger charge is -2.19. The number of para-hydroxylation sites is 3. The van der Waals surface area contributed by atoms with E-state index in [1.54, 1.807) is 24.3 Å². The van der Waals surface area contributed by atoms with Crippen LogP contribution in [0.4, 0.5) is 0 Å². The van der Waals surface area contributed by atoms with Gasteiger partial charge in [0.05, 0.1) is 5.52 Å². The summed E-state index contributed by atoms with van der Waals surface area (Å²) >= 11 is 6.52. The van der Waals surface area contributed by atoms with E-state index in [1.165, 1.54) is 4.57 Å². The summed E-state index contributed by atoms with van der Waals surface area (Å²) in [6.45, 7) is 0.202. The molecule has 6 nitrogen and oxygen atoms in total. The lowest BCUT2D eigenvalue weighted by Crippen LogP contribution is -2.33. The summed E-state index contributed by atoms with van der Waals surface area (Å²) in [4.78, 5) is 28.3. The molecule has 1 amide bonds. The molecule has 32 heavy (non-hydrogen) atoms. The highest BCUT2D eigenvalue weighted by Gasteiger charge is 2.21. The Morgan fingerprint density at radius 3 is 2.62 bits per heavy atom. The van der Waals surface area contributed by atoms with E-state index < -0.39 is 5.76 Å². The van der Waals surface area contributed by atoms with Crippen molar-refractivity contribution in [1.82, 2.24) is 14.9 Å². The molecule has 5 rings (SSSR count). The average molecular weight is 446 g/mol. The average Bonchev–Trinajstić information content (AvgIpc) is 3.36. The number of aromatic nitrogens is 2. The van der Waals surface area contributed by atoms with Gasteiger partial charge in [-0.3, -0.25) is 9.36 Å². The van der Waals surface area contributed by atoms with Crippen LogP contribution in [0.15, 0.2) is 88.2 Å². The van der Waals surface area contributed by atoms with Gasteiger partial charge in [0.15, 0.2) is 5.58 Å². The number of carbonyl (C=O) groups is 1. The maximum Gasteiger partial charge on any atom is 0.420 e. The van der Waals surface area contributed by atoms with Crippen molar-refractivity contribution in [3.05, 3.63) is 106 Å². The Hall–Kier alpha value is -3.77. The van der Waals surface area contributed by atoms with E-state index in [0.717, 1.165) is 22.0 Å². The van der Waals surface area contributed by atoms with E-state index in [9.17, 15) is 9.59 Å². The Kier molecular flexibility index (Phi) is 5.29. The highest BCUT2D eigenvalue weighted by atomic mass is 35.5. The molecule has 5 aromatic rings. The lowest BCUT2D eigenvalue weighted by atomic mass is 9.90. The van der Waals surface area contributed by atoms with E-state index >= 15 is 0 Å². The van der Waals surface area contributed by atoms with Crippen LogP contribution in [0.25, 0.3) is 22.0 Å². The molecular formula is C25H20ClN3O3. The van der Waals surface area contributed by atoms with Crippen molar-refractivity contribution in [2.24, 2.45) is 0 Å². The van der Waals surface area contributed by atoms with Gasteiger partial charge in [-0.05, 0) is 35.4 Å². The van der Waals surface area contributed by atoms with Crippen molar-refractivity contribution in [1.29, 1.82) is 0 Å². The van der Waals surface area contributed by atoms with Crippen molar-refractivity contribution in [3.63, 3.8) is 0 Å². The number of benzene rings is 3. The number of aromatic amines is 1. The lowest BCUT2D eigenvalue weighted by molar-refractivity contribution is -0.121. The van der Waals surface area contributed by atoms with Crippen LogP contribution in [-0.2, 0) is 11.3 Å². The number of nitrogens with zero attached hydrogens (tertiary/aromatic N) is 1. The summed E-state index contributed by atoms with van der Waals surface area (Å²) in [7, 11) is 0. The van der Waals surface area contributed by atoms with Crippen molar-refractivity contribution in [3.8, 4) is 0 Å². The molecule has 2 N–H and O–H groups in total. The highest BCUT2D eigenvalue weighted by molar-refractivity contribution is 6.31. The van der Waals surface area contributed by atoms with E-state index in [0.29, 0.717) is 22.7 Å². The van der Waals surface area contributed by atoms with Crippen LogP contribution in [-0.4, -0.2) is 22.0 Å². The number of carbonyl (C=O) groups excluding carboxylic acids is 1. The maximum absolute atomic E-state index is 12.8. The highest BCUT2D eigenvalue weighted by Crippen LogP contribution is 2.34. The molecule has 0 unspecified atom stereocenters. The number of nitrogens with one attached hydrogen (secondary N) is 2. The minimum absolute atomic E-state index is 0.126. The summed E-state index contributed by atoms with van der Waals surface area (Å²) < 4.78 is 6.56. The molecule has 0 spiro atoms. The molecule has 0 aliphatic carbocycles. The first-order valence-electron chi connectivity index (χ1n) is 10.3. The predicted molar refractivity (Wildman–Crippen MR) is 125 cm³/mol. The van der Waals surface area contributed by atoms with Crippen molar-refractivity contribution < 1.29 is 9.21 Å². The number of amides is 1. The fourth-order valence-corrected chi connectivity index (χ4v) is 4.37. The van der Waals surface area contributed by atoms with E-state index in [4.69, 9.17) is 16.0 Å². The summed E-state index contributed by atoms with van der Waals surface area (Å²) in [6.07, 6.45) is 1.96. The molecule has 0 radical (unpaired) electrons. The topological polar surface area (TPSA) is 80.0 Å². The molecule has 0 saturated heterocycles. The Morgan fingerprint density at radius 2 is 1.75 bits per heavy atom. The largest absolute Gasteiger partial charge is 0.420 e. The number of oxazole rings is 1. The number of rotatable bonds is 6. The van der Waals surface area contributed by atoms with Crippen LogP contribution in [0.5, 0.6) is 0 Å². The molecule has 0 aliphatic heterocycles. The SMILES string of the molecule is O=C(Cn1c(=O)oc2ccccc21)NC[C@@H](c1ccccc1Cl)c1c[nH]c2ccccc12. The third-order valence-corrected chi connectivity index (χ3v) is 6.00. The quantitative estimate of drug-likeness (QED) is 0.398. The molecule has 1 atom stereocenters. The first-order chi connectivity index (χ1) is 15.6. The molecule has 0 saturated carbocycles. The number of H-pyrrole nitrogens is 1. The van der Waals surface area contributed by atoms with E-state index in [1.807, 2.05) is 54.7 Å². The van der Waals surface area contributed by atoms with Crippen LogP contribution in [0, 0.1) is 0 Å². The molecule has 0 bridgehead atoms. The monoisotopic (exact) mass is 445 g/mol. The summed E-state index contributed by atoms with van der Waals surface area (Å²) in [5, 5.41) is 4.69. The molecule has 2 heterocycles. The molecule has 3 aromatic carbocycles. The minimum atomic E-state index is -0.555. The van der Waals surface area contributed by atoms with Crippen LogP contribution >= 0.6 is 11.6 Å². The van der Waals surface area contributed by atoms with E-state index in [-0.39, 0.29) is 18.4 Å². The van der Waals surface area contributed by atoms with Crippen molar-refractivity contribution in [2.45, 2.75) is 12.5 Å². The molecule has 160 valence electrons. The van der Waals surface area contributed by atoms with Crippen molar-refractivity contribution in [2.75, 3.05) is 6.54 Å². The molecule has 0 aliphatic rings. The second kappa shape index (κ2) is 8.40. The molecule has 0 fully saturated rings. The Bertz CT molecular complexity index is 1480. The Balaban J connectivity index is 1.43. The second-order valence-electron chi connectivity index (χ2n) is 7.59. The van der Waals surface area contributed by atoms with Gasteiger partial charge >= 0.3 is 5.76 Å². The van der Waals surface area contributed by atoms with E-state index in [2.05, 4.69) is 10.3 Å². The standard InChI is InChI=1S/C25H20ClN3O3/c26-20-9-3-1-7-16(20)18(19-13-27-21-10-4-2-8-17(19)21)14-28-24(30)15-29-22-11-5-6-12-23(22)32-25(29)31/h1-13,18,27H,14-15H2,(H,28,30)/t18-/m0/s1. The Morgan fingerprint density at radius 1 is 1.00 bits per heavy atom. The fourth-order valence-electron chi connectivity index (χ4n) is 4.11. The summed E-state index contributed by atoms with van der Waals surface area (Å²) in [5.41, 5.74) is 4.03. The van der Waals surface area contributed by atoms with Gasteiger partial charge in [-0.2, -0.15) is 0 Å². The van der Waals surface area contributed by atoms with Crippen molar-refractivity contribution >= 4 is 39.5 Å². The normalized spacial score (nSPS) is 12.3. The summed E-state index contributed by atoms with van der Waals surface area (Å²) in [6, 6.07) is 22.7. The number of fused-ring (bicyclic) bond motifs is 2. The van der Waals surface area contributed by atoms with Gasteiger partial charge in [0.1, 0.15) is 6.54 Å². The first-order valence-corrected chi connectivity index (χ1v) is 10.6. The minimum Gasteiger partial charge on any atom is -0.408 e. The maximum atomic E-state index is 12.8. The van der Waals surface area contributed by atoms with Gasteiger partial charge in [-0.25, -0.2) is 4.79 Å². The third-order valence-electron chi connectivity index (χ3n) is 5.66. The number of hydrogen-bond donors (Lipinski definition) is 2. The van der Waals surface area contributed by atoms with Gasteiger partial charge in [-0.1, -0.05) is 60.1 Å². The van der Waals surface area contributed by atoms with Gasteiger partial charge < -0.3 is 14.7 Å². The third kappa shape index (κ3) is 3.69. The second-order valence-corrected chi connectivity index (χ2v) is 8.00. The van der Waals surface area contributed by atoms with Crippen LogP contribution < -0.4 is 11.1 Å². The van der Waals surface area contributed by atoms with Gasteiger partial charge in [0.25, 0.3) is 0 Å². The number of hydrogen-bond acceptors (Lipinski definition) is 3. The molecule has 2 aromatic heterocycles. The predicted octanol–water partition coefficient (Wildman–Crippen LogP) is 4.68. The zero-order chi connectivity index (χ0) is 22.1. The molecule has 7 heteroatoms. The van der Waals surface area contributed by atoms with Gasteiger partial charge in [0, 0.05) is 34.6 Å². The van der Waals surface area contributed by atoms with Crippen LogP contribution in [0.2, 0.25) is 5.02 Å². The zero-order valence-electron chi connectivity index (χ0n) is 17.0. The fraction of sp³-hybridized carbons (Fsp3) is 0.120. The smallest absolute Gasteiger partial charge is 0.408 e. The zero-order valence-corrected chi connectivity index (χ0v) is 17.8. The Labute approximate surface area is 188 Å².